The third-order valence-corrected chi connectivity index (χ3v) is 1.68. The Morgan fingerprint density at radius 1 is 1.25 bits per heavy atom. The van der Waals surface area contributed by atoms with Gasteiger partial charge in [-0.05, 0) is 17.3 Å². The molecule has 3 aliphatic heterocycles. The van der Waals surface area contributed by atoms with Crippen molar-refractivity contribution < 1.29 is 9.88 Å². The molecule has 0 unspecified atom stereocenters. The number of nitrogens with zero attached hydrogens (tertiary/aromatic N) is 3. The molecule has 80 valence electrons. The Hall–Kier alpha value is -2.57. The summed E-state index contributed by atoms with van der Waals surface area (Å²) in [7, 11) is 0. The summed E-state index contributed by atoms with van der Waals surface area (Å²) < 4.78 is 0. The number of aromatic nitrogens is 2. The number of hydrogen-bond donors (Lipinski definition) is 0. The van der Waals surface area contributed by atoms with Crippen molar-refractivity contribution in [3.05, 3.63) is 45.2 Å². The fourth-order valence-corrected chi connectivity index (χ4v) is 1.03. The van der Waals surface area contributed by atoms with Crippen molar-refractivity contribution in [2.24, 2.45) is 5.16 Å². The molecule has 0 atom stereocenters. The van der Waals surface area contributed by atoms with Gasteiger partial charge in [-0.1, -0.05) is 0 Å². The highest BCUT2D eigenvalue weighted by Gasteiger charge is 2.14. The van der Waals surface area contributed by atoms with Crippen molar-refractivity contribution in [3.8, 4) is 11.4 Å². The molecular formula is C9H5N3O4. The van der Waals surface area contributed by atoms with Crippen LogP contribution in [0, 0.1) is 0 Å². The smallest absolute Gasteiger partial charge is 0.281 e. The predicted octanol–water partition coefficient (Wildman–Crippen LogP) is -0.375. The molecule has 3 aliphatic rings. The van der Waals surface area contributed by atoms with Gasteiger partial charge in [0.1, 0.15) is 12.0 Å². The average Bonchev–Trinajstić information content (AvgIpc) is 2.88. The largest absolute Gasteiger partial charge is 0.320 e. The normalized spacial score (nSPS) is 12.8. The number of fused-ring (bicyclic) bond motifs is 1. The number of rotatable bonds is 0. The molecule has 16 heavy (non-hydrogen) atoms. The molecule has 0 radical (unpaired) electrons. The second kappa shape index (κ2) is 4.30. The van der Waals surface area contributed by atoms with Crippen LogP contribution in [0.1, 0.15) is 0 Å². The van der Waals surface area contributed by atoms with Gasteiger partial charge in [0.05, 0.1) is 11.9 Å². The zero-order valence-electron chi connectivity index (χ0n) is 7.86. The van der Waals surface area contributed by atoms with E-state index in [0.29, 0.717) is 5.69 Å². The van der Waals surface area contributed by atoms with Crippen LogP contribution in [-0.2, 0) is 9.88 Å². The van der Waals surface area contributed by atoms with Crippen LogP contribution >= 0.6 is 0 Å². The molecule has 0 N–H and O–H groups in total. The summed E-state index contributed by atoms with van der Waals surface area (Å²) in [6.07, 6.45) is 5.97. The third kappa shape index (κ3) is 1.92. The molecule has 0 saturated heterocycles. The minimum absolute atomic E-state index is 0.185. The van der Waals surface area contributed by atoms with E-state index in [9.17, 15) is 9.59 Å². The standard InChI is InChI=1S/C6H2N2O2.C3H3NO2/c9-5-4-3(1-2-7-4)8-6(5)10;1-2-4-6-5-3-1/h1-2H;1-3H. The highest BCUT2D eigenvalue weighted by molar-refractivity contribution is 5.70. The van der Waals surface area contributed by atoms with Crippen LogP contribution in [0.25, 0.3) is 11.4 Å². The Morgan fingerprint density at radius 2 is 2.12 bits per heavy atom. The molecule has 3 heterocycles. The molecule has 7 nitrogen and oxygen atoms in total. The second-order valence-corrected chi connectivity index (χ2v) is 2.68. The van der Waals surface area contributed by atoms with Crippen molar-refractivity contribution >= 4 is 6.21 Å². The summed E-state index contributed by atoms with van der Waals surface area (Å²) in [6.45, 7) is 0. The molecule has 3 rings (SSSR count). The van der Waals surface area contributed by atoms with E-state index in [1.165, 1.54) is 24.7 Å². The lowest BCUT2D eigenvalue weighted by Gasteiger charge is -1.92. The molecule has 0 aromatic heterocycles. The maximum atomic E-state index is 10.8. The first-order chi connectivity index (χ1) is 7.79. The molecule has 0 aromatic rings. The second-order valence-electron chi connectivity index (χ2n) is 2.68. The van der Waals surface area contributed by atoms with Crippen LogP contribution in [-0.4, -0.2) is 16.2 Å². The Morgan fingerprint density at radius 3 is 2.62 bits per heavy atom. The molecule has 0 amide bonds. The van der Waals surface area contributed by atoms with Crippen molar-refractivity contribution in [2.75, 3.05) is 0 Å². The Kier molecular flexibility index (Phi) is 2.68. The summed E-state index contributed by atoms with van der Waals surface area (Å²) >= 11 is 0. The summed E-state index contributed by atoms with van der Waals surface area (Å²) in [5.41, 5.74) is -0.724. The van der Waals surface area contributed by atoms with E-state index in [1.54, 1.807) is 6.08 Å². The summed E-state index contributed by atoms with van der Waals surface area (Å²) in [5.74, 6) is 0. The highest BCUT2D eigenvalue weighted by atomic mass is 17.3. The topological polar surface area (TPSA) is 90.7 Å². The lowest BCUT2D eigenvalue weighted by molar-refractivity contribution is -0.251. The molecule has 0 bridgehead atoms. The zero-order chi connectivity index (χ0) is 11.4. The molecule has 0 aromatic carbocycles. The lowest BCUT2D eigenvalue weighted by atomic mass is 10.4. The summed E-state index contributed by atoms with van der Waals surface area (Å²) in [5, 5.41) is 3.24. The van der Waals surface area contributed by atoms with Crippen molar-refractivity contribution in [1.29, 1.82) is 0 Å². The van der Waals surface area contributed by atoms with Crippen LogP contribution < -0.4 is 11.0 Å². The molecule has 0 fully saturated rings. The van der Waals surface area contributed by atoms with E-state index in [1.807, 2.05) is 0 Å². The van der Waals surface area contributed by atoms with Gasteiger partial charge >= 0.3 is 5.56 Å². The van der Waals surface area contributed by atoms with E-state index in [-0.39, 0.29) is 5.69 Å². The van der Waals surface area contributed by atoms with Crippen molar-refractivity contribution in [3.63, 3.8) is 0 Å². The fourth-order valence-electron chi connectivity index (χ4n) is 1.03. The van der Waals surface area contributed by atoms with Gasteiger partial charge in [-0.15, -0.1) is 0 Å². The minimum atomic E-state index is -0.710. The molecule has 0 aliphatic carbocycles. The first kappa shape index (κ1) is 9.97. The van der Waals surface area contributed by atoms with Crippen molar-refractivity contribution in [2.45, 2.75) is 0 Å². The van der Waals surface area contributed by atoms with Gasteiger partial charge in [-0.2, -0.15) is 4.99 Å². The highest BCUT2D eigenvalue weighted by Crippen LogP contribution is 2.08. The quantitative estimate of drug-likeness (QED) is 0.443. The number of oxime groups is 1. The SMILES string of the molecule is C1=COON=C1.O=c1nc2ccnc-2c1=O. The molecule has 0 spiro atoms. The molecule has 7 heteroatoms. The summed E-state index contributed by atoms with van der Waals surface area (Å²) in [4.78, 5) is 36.6. The summed E-state index contributed by atoms with van der Waals surface area (Å²) in [6, 6.07) is 1.54. The zero-order valence-corrected chi connectivity index (χ0v) is 7.86. The van der Waals surface area contributed by atoms with Crippen LogP contribution in [0.15, 0.2) is 39.3 Å². The monoisotopic (exact) mass is 219 g/mol. The van der Waals surface area contributed by atoms with Crippen LogP contribution in [0.3, 0.4) is 0 Å². The Balaban J connectivity index is 0.000000138. The van der Waals surface area contributed by atoms with Crippen LogP contribution in [0.4, 0.5) is 0 Å². The minimum Gasteiger partial charge on any atom is -0.281 e. The van der Waals surface area contributed by atoms with Crippen molar-refractivity contribution in [1.82, 2.24) is 9.97 Å². The van der Waals surface area contributed by atoms with Gasteiger partial charge in [0, 0.05) is 6.20 Å². The van der Waals surface area contributed by atoms with Gasteiger partial charge in [0.15, 0.2) is 0 Å². The van der Waals surface area contributed by atoms with Crippen LogP contribution in [0.5, 0.6) is 0 Å². The van der Waals surface area contributed by atoms with Gasteiger partial charge in [0.2, 0.25) is 0 Å². The van der Waals surface area contributed by atoms with Gasteiger partial charge in [-0.25, -0.2) is 4.98 Å². The molecular weight excluding hydrogens is 214 g/mol. The third-order valence-electron chi connectivity index (χ3n) is 1.68. The fraction of sp³-hybridized carbons (Fsp3) is 0. The maximum absolute atomic E-state index is 10.8. The maximum Gasteiger partial charge on any atom is 0.320 e. The number of allylic oxidation sites excluding steroid dienone is 1. The van der Waals surface area contributed by atoms with Crippen LogP contribution in [0.2, 0.25) is 0 Å². The van der Waals surface area contributed by atoms with E-state index >= 15 is 0 Å². The van der Waals surface area contributed by atoms with Gasteiger partial charge < -0.3 is 0 Å². The number of hydrogen-bond acceptors (Lipinski definition) is 7. The van der Waals surface area contributed by atoms with E-state index < -0.39 is 11.0 Å². The Labute approximate surface area is 88.6 Å². The predicted molar refractivity (Wildman–Crippen MR) is 53.4 cm³/mol. The van der Waals surface area contributed by atoms with E-state index in [4.69, 9.17) is 0 Å². The average molecular weight is 219 g/mol. The first-order valence-corrected chi connectivity index (χ1v) is 4.22. The van der Waals surface area contributed by atoms with Gasteiger partial charge in [0.25, 0.3) is 5.43 Å². The lowest BCUT2D eigenvalue weighted by Crippen LogP contribution is -2.19. The van der Waals surface area contributed by atoms with Gasteiger partial charge in [-0.3, -0.25) is 19.5 Å². The van der Waals surface area contributed by atoms with E-state index in [2.05, 4.69) is 25.0 Å². The first-order valence-electron chi connectivity index (χ1n) is 4.22. The molecule has 0 saturated carbocycles. The Bertz CT molecular complexity index is 571. The van der Waals surface area contributed by atoms with E-state index in [0.717, 1.165) is 0 Å².